The number of hydrogen-bond donors (Lipinski definition) is 0. The maximum absolute atomic E-state index is 12.8. The fourth-order valence-corrected chi connectivity index (χ4v) is 3.22. The van der Waals surface area contributed by atoms with E-state index < -0.39 is 0 Å². The monoisotopic (exact) mass is 378 g/mol. The van der Waals surface area contributed by atoms with Crippen LogP contribution >= 0.6 is 0 Å². The molecule has 2 aromatic carbocycles. The zero-order chi connectivity index (χ0) is 19.6. The van der Waals surface area contributed by atoms with Crippen LogP contribution in [0, 0.1) is 0 Å². The molecule has 0 saturated carbocycles. The molecule has 0 fully saturated rings. The van der Waals surface area contributed by atoms with Gasteiger partial charge in [-0.15, -0.1) is 0 Å². The number of amides is 1. The minimum Gasteiger partial charge on any atom is -0.473 e. The lowest BCUT2D eigenvalue weighted by Gasteiger charge is -2.22. The van der Waals surface area contributed by atoms with Gasteiger partial charge in [0.15, 0.2) is 0 Å². The third-order valence-electron chi connectivity index (χ3n) is 4.74. The Morgan fingerprint density at radius 1 is 0.893 bits per heavy atom. The number of carbonyl (C=O) groups excluding carboxylic acids is 2. The second-order valence-corrected chi connectivity index (χ2v) is 6.84. The van der Waals surface area contributed by atoms with Gasteiger partial charge in [-0.05, 0) is 30.4 Å². The molecule has 0 unspecified atom stereocenters. The van der Waals surface area contributed by atoms with Crippen molar-refractivity contribution in [3.05, 3.63) is 71.8 Å². The van der Waals surface area contributed by atoms with Crippen molar-refractivity contribution in [1.29, 1.82) is 0 Å². The standard InChI is InChI=1S/C23H26N2O3/c26-21(23-24-14-17-28-23)18-22(27)25(16-13-20-10-5-2-6-11-20)15-7-12-19-8-3-1-4-9-19/h1-6,8-11H,7,12-18H2. The minimum atomic E-state index is -0.324. The molecule has 1 heterocycles. The van der Waals surface area contributed by atoms with Gasteiger partial charge in [0.05, 0.1) is 13.0 Å². The molecule has 0 N–H and O–H groups in total. The summed E-state index contributed by atoms with van der Waals surface area (Å²) in [6, 6.07) is 20.3. The van der Waals surface area contributed by atoms with E-state index in [0.29, 0.717) is 26.2 Å². The summed E-state index contributed by atoms with van der Waals surface area (Å²) in [6.45, 7) is 2.13. The maximum atomic E-state index is 12.8. The van der Waals surface area contributed by atoms with E-state index in [1.807, 2.05) is 36.4 Å². The molecule has 0 saturated heterocycles. The van der Waals surface area contributed by atoms with Crippen LogP contribution in [0.25, 0.3) is 0 Å². The van der Waals surface area contributed by atoms with E-state index in [1.54, 1.807) is 4.90 Å². The molecule has 28 heavy (non-hydrogen) atoms. The molecule has 3 rings (SSSR count). The molecular weight excluding hydrogens is 352 g/mol. The average Bonchev–Trinajstić information content (AvgIpc) is 3.27. The van der Waals surface area contributed by atoms with Gasteiger partial charge in [0.2, 0.25) is 11.7 Å². The van der Waals surface area contributed by atoms with E-state index in [9.17, 15) is 9.59 Å². The number of ether oxygens (including phenoxy) is 1. The number of benzene rings is 2. The van der Waals surface area contributed by atoms with Crippen molar-refractivity contribution in [3.63, 3.8) is 0 Å². The van der Waals surface area contributed by atoms with Gasteiger partial charge < -0.3 is 9.64 Å². The molecule has 5 nitrogen and oxygen atoms in total. The third kappa shape index (κ3) is 6.05. The fraction of sp³-hybridized carbons (Fsp3) is 0.348. The van der Waals surface area contributed by atoms with Crippen LogP contribution in [0.5, 0.6) is 0 Å². The second kappa shape index (κ2) is 10.4. The van der Waals surface area contributed by atoms with Crippen LogP contribution in [0.15, 0.2) is 65.7 Å². The Bertz CT molecular complexity index is 803. The average molecular weight is 378 g/mol. The molecule has 0 bridgehead atoms. The van der Waals surface area contributed by atoms with Gasteiger partial charge in [-0.3, -0.25) is 9.59 Å². The van der Waals surface area contributed by atoms with Gasteiger partial charge in [-0.25, -0.2) is 4.99 Å². The number of carbonyl (C=O) groups is 2. The molecule has 1 aliphatic heterocycles. The van der Waals surface area contributed by atoms with Crippen molar-refractivity contribution in [2.75, 3.05) is 26.2 Å². The lowest BCUT2D eigenvalue weighted by atomic mass is 10.1. The van der Waals surface area contributed by atoms with Crippen LogP contribution < -0.4 is 0 Å². The molecule has 0 radical (unpaired) electrons. The molecule has 1 amide bonds. The number of Topliss-reactive ketones (excluding diaryl/α,β-unsaturated/α-hetero) is 1. The summed E-state index contributed by atoms with van der Waals surface area (Å²) in [6.07, 6.45) is 2.35. The molecule has 0 aliphatic carbocycles. The summed E-state index contributed by atoms with van der Waals surface area (Å²) in [5.74, 6) is -0.386. The van der Waals surface area contributed by atoms with Gasteiger partial charge >= 0.3 is 0 Å². The van der Waals surface area contributed by atoms with Crippen molar-refractivity contribution in [1.82, 2.24) is 4.90 Å². The second-order valence-electron chi connectivity index (χ2n) is 6.84. The quantitative estimate of drug-likeness (QED) is 0.597. The fourth-order valence-electron chi connectivity index (χ4n) is 3.22. The normalized spacial score (nSPS) is 12.9. The minimum absolute atomic E-state index is 0.0978. The number of hydrogen-bond acceptors (Lipinski definition) is 4. The van der Waals surface area contributed by atoms with Crippen LogP contribution in [0.2, 0.25) is 0 Å². The first-order valence-corrected chi connectivity index (χ1v) is 9.78. The topological polar surface area (TPSA) is 59.0 Å². The lowest BCUT2D eigenvalue weighted by molar-refractivity contribution is -0.134. The number of nitrogens with zero attached hydrogens (tertiary/aromatic N) is 2. The van der Waals surface area contributed by atoms with Crippen LogP contribution in [-0.2, 0) is 27.2 Å². The summed E-state index contributed by atoms with van der Waals surface area (Å²) in [5.41, 5.74) is 2.43. The number of ketones is 1. The molecule has 0 atom stereocenters. The number of aliphatic imine (C=N–C) groups is 1. The van der Waals surface area contributed by atoms with Gasteiger partial charge in [0.1, 0.15) is 6.61 Å². The Labute approximate surface area is 166 Å². The van der Waals surface area contributed by atoms with Crippen molar-refractivity contribution in [2.24, 2.45) is 4.99 Å². The van der Waals surface area contributed by atoms with Crippen molar-refractivity contribution in [3.8, 4) is 0 Å². The van der Waals surface area contributed by atoms with Crippen molar-refractivity contribution in [2.45, 2.75) is 25.7 Å². The Morgan fingerprint density at radius 3 is 2.14 bits per heavy atom. The van der Waals surface area contributed by atoms with Gasteiger partial charge in [0, 0.05) is 13.1 Å². The van der Waals surface area contributed by atoms with Crippen LogP contribution in [0.4, 0.5) is 0 Å². The first-order valence-electron chi connectivity index (χ1n) is 9.78. The number of rotatable bonds is 10. The highest BCUT2D eigenvalue weighted by atomic mass is 16.5. The largest absolute Gasteiger partial charge is 0.473 e. The highest BCUT2D eigenvalue weighted by molar-refractivity contribution is 6.39. The highest BCUT2D eigenvalue weighted by Gasteiger charge is 2.23. The summed E-state index contributed by atoms with van der Waals surface area (Å²) in [5, 5.41) is 0. The van der Waals surface area contributed by atoms with Gasteiger partial charge in [-0.1, -0.05) is 60.7 Å². The van der Waals surface area contributed by atoms with E-state index in [2.05, 4.69) is 29.3 Å². The Hall–Kier alpha value is -2.95. The highest BCUT2D eigenvalue weighted by Crippen LogP contribution is 2.08. The predicted molar refractivity (Wildman–Crippen MR) is 109 cm³/mol. The lowest BCUT2D eigenvalue weighted by Crippen LogP contribution is -2.36. The van der Waals surface area contributed by atoms with E-state index >= 15 is 0 Å². The zero-order valence-electron chi connectivity index (χ0n) is 16.0. The Morgan fingerprint density at radius 2 is 1.54 bits per heavy atom. The molecule has 0 aromatic heterocycles. The Kier molecular flexibility index (Phi) is 7.36. The molecule has 0 spiro atoms. The molecule has 2 aromatic rings. The first kappa shape index (κ1) is 19.8. The summed E-state index contributed by atoms with van der Waals surface area (Å²) in [4.78, 5) is 30.8. The van der Waals surface area contributed by atoms with E-state index in [-0.39, 0.29) is 24.0 Å². The first-order chi connectivity index (χ1) is 13.7. The van der Waals surface area contributed by atoms with Gasteiger partial charge in [0.25, 0.3) is 5.90 Å². The van der Waals surface area contributed by atoms with E-state index in [4.69, 9.17) is 4.74 Å². The number of aryl methyl sites for hydroxylation is 1. The van der Waals surface area contributed by atoms with E-state index in [1.165, 1.54) is 11.1 Å². The Balaban J connectivity index is 1.57. The third-order valence-corrected chi connectivity index (χ3v) is 4.74. The van der Waals surface area contributed by atoms with E-state index in [0.717, 1.165) is 19.3 Å². The molecule has 146 valence electrons. The smallest absolute Gasteiger partial charge is 0.254 e. The van der Waals surface area contributed by atoms with Gasteiger partial charge in [-0.2, -0.15) is 0 Å². The van der Waals surface area contributed by atoms with Crippen molar-refractivity contribution < 1.29 is 14.3 Å². The summed E-state index contributed by atoms with van der Waals surface area (Å²) >= 11 is 0. The predicted octanol–water partition coefficient (Wildman–Crippen LogP) is 3.08. The zero-order valence-corrected chi connectivity index (χ0v) is 16.0. The maximum Gasteiger partial charge on any atom is 0.254 e. The molecule has 1 aliphatic rings. The van der Waals surface area contributed by atoms with Crippen LogP contribution in [-0.4, -0.2) is 48.7 Å². The summed E-state index contributed by atoms with van der Waals surface area (Å²) in [7, 11) is 0. The molecular formula is C23H26N2O3. The SMILES string of the molecule is O=C(CC(=O)N(CCCc1ccccc1)CCc1ccccc1)C1=NCCO1. The van der Waals surface area contributed by atoms with Crippen LogP contribution in [0.1, 0.15) is 24.0 Å². The summed E-state index contributed by atoms with van der Waals surface area (Å²) < 4.78 is 5.19. The van der Waals surface area contributed by atoms with Crippen molar-refractivity contribution >= 4 is 17.6 Å². The molecule has 5 heteroatoms. The van der Waals surface area contributed by atoms with Crippen LogP contribution in [0.3, 0.4) is 0 Å².